The first-order chi connectivity index (χ1) is 17.0. The second-order valence-corrected chi connectivity index (χ2v) is 9.91. The molecule has 0 aliphatic heterocycles. The van der Waals surface area contributed by atoms with Gasteiger partial charge in [0.15, 0.2) is 5.13 Å². The molecule has 186 valence electrons. The van der Waals surface area contributed by atoms with Gasteiger partial charge in [0.25, 0.3) is 15.6 Å². The van der Waals surface area contributed by atoms with Crippen molar-refractivity contribution < 1.29 is 26.4 Å². The lowest BCUT2D eigenvalue weighted by Gasteiger charge is -2.10. The predicted octanol–water partition coefficient (Wildman–Crippen LogP) is 3.83. The molecule has 0 bridgehead atoms. The molecule has 2 heterocycles. The Morgan fingerprint density at radius 1 is 1.03 bits per heavy atom. The van der Waals surface area contributed by atoms with Crippen LogP contribution in [-0.4, -0.2) is 28.9 Å². The van der Waals surface area contributed by atoms with Crippen LogP contribution in [0.4, 0.5) is 24.0 Å². The minimum absolute atomic E-state index is 0.0324. The molecule has 36 heavy (non-hydrogen) atoms. The molecule has 14 heteroatoms. The number of carbonyl (C=O) groups excluding carboxylic acids is 1. The van der Waals surface area contributed by atoms with E-state index in [1.807, 2.05) is 0 Å². The van der Waals surface area contributed by atoms with Crippen molar-refractivity contribution in [2.75, 3.05) is 10.0 Å². The first-order valence-corrected chi connectivity index (χ1v) is 12.4. The maximum absolute atomic E-state index is 12.7. The van der Waals surface area contributed by atoms with E-state index in [0.717, 1.165) is 40.4 Å². The molecule has 2 aromatic heterocycles. The lowest BCUT2D eigenvalue weighted by molar-refractivity contribution is -0.137. The molecule has 0 spiro atoms. The zero-order valence-corrected chi connectivity index (χ0v) is 19.7. The molecule has 9 nitrogen and oxygen atoms in total. The normalized spacial score (nSPS) is 11.8. The second kappa shape index (κ2) is 9.91. The summed E-state index contributed by atoms with van der Waals surface area (Å²) in [6.45, 7) is -0.384. The van der Waals surface area contributed by atoms with Crippen LogP contribution in [0, 0.1) is 0 Å². The number of aromatic nitrogens is 3. The maximum Gasteiger partial charge on any atom is 0.416 e. The van der Waals surface area contributed by atoms with Crippen LogP contribution in [0.25, 0.3) is 11.3 Å². The molecule has 4 rings (SSSR count). The van der Waals surface area contributed by atoms with E-state index in [1.54, 1.807) is 5.38 Å². The third-order valence-corrected chi connectivity index (χ3v) is 6.98. The van der Waals surface area contributed by atoms with Crippen LogP contribution < -0.4 is 15.6 Å². The number of nitrogens with zero attached hydrogens (tertiary/aromatic N) is 3. The average molecular weight is 536 g/mol. The van der Waals surface area contributed by atoms with E-state index in [1.165, 1.54) is 42.6 Å². The third-order valence-electron chi connectivity index (χ3n) is 4.80. The van der Waals surface area contributed by atoms with Crippen LogP contribution in [0.2, 0.25) is 0 Å². The summed E-state index contributed by atoms with van der Waals surface area (Å²) in [7, 11) is -3.84. The molecular formula is C22H16F3N5O4S2. The molecule has 2 N–H and O–H groups in total. The predicted molar refractivity (Wildman–Crippen MR) is 127 cm³/mol. The monoisotopic (exact) mass is 535 g/mol. The molecule has 0 radical (unpaired) electrons. The number of amides is 1. The summed E-state index contributed by atoms with van der Waals surface area (Å²) in [6, 6.07) is 10.7. The smallest absolute Gasteiger partial charge is 0.325 e. The zero-order valence-electron chi connectivity index (χ0n) is 18.1. The molecule has 0 aliphatic carbocycles. The first kappa shape index (κ1) is 25.1. The summed E-state index contributed by atoms with van der Waals surface area (Å²) in [6.07, 6.45) is -1.89. The highest BCUT2D eigenvalue weighted by Crippen LogP contribution is 2.30. The summed E-state index contributed by atoms with van der Waals surface area (Å²) in [5, 5.41) is 4.39. The van der Waals surface area contributed by atoms with Gasteiger partial charge in [-0.1, -0.05) is 12.1 Å². The Bertz CT molecular complexity index is 1530. The molecule has 0 unspecified atom stereocenters. The Hall–Kier alpha value is -4.04. The fourth-order valence-electron chi connectivity index (χ4n) is 3.05. The van der Waals surface area contributed by atoms with Crippen molar-refractivity contribution in [3.8, 4) is 11.3 Å². The van der Waals surface area contributed by atoms with Crippen LogP contribution in [0.15, 0.2) is 82.2 Å². The van der Waals surface area contributed by atoms with E-state index in [-0.39, 0.29) is 22.3 Å². The highest BCUT2D eigenvalue weighted by Gasteiger charge is 2.30. The molecule has 0 saturated heterocycles. The molecule has 1 amide bonds. The molecule has 0 atom stereocenters. The van der Waals surface area contributed by atoms with Crippen molar-refractivity contribution in [2.24, 2.45) is 0 Å². The lowest BCUT2D eigenvalue weighted by atomic mass is 10.1. The van der Waals surface area contributed by atoms with E-state index in [9.17, 15) is 31.2 Å². The molecular weight excluding hydrogens is 519 g/mol. The number of benzene rings is 2. The molecule has 0 fully saturated rings. The van der Waals surface area contributed by atoms with E-state index < -0.39 is 33.2 Å². The number of rotatable bonds is 7. The summed E-state index contributed by atoms with van der Waals surface area (Å²) >= 11 is 1.13. The van der Waals surface area contributed by atoms with E-state index >= 15 is 0 Å². The number of carbonyl (C=O) groups is 1. The van der Waals surface area contributed by atoms with Crippen LogP contribution in [0.1, 0.15) is 5.56 Å². The molecule has 0 saturated carbocycles. The fourth-order valence-corrected chi connectivity index (χ4v) is 4.84. The van der Waals surface area contributed by atoms with Crippen LogP contribution in [-0.2, 0) is 27.5 Å². The minimum Gasteiger partial charge on any atom is -0.325 e. The van der Waals surface area contributed by atoms with Gasteiger partial charge in [-0.05, 0) is 36.4 Å². The van der Waals surface area contributed by atoms with Crippen molar-refractivity contribution >= 4 is 38.1 Å². The maximum atomic E-state index is 12.7. The first-order valence-electron chi connectivity index (χ1n) is 10.1. The van der Waals surface area contributed by atoms with Gasteiger partial charge >= 0.3 is 6.18 Å². The molecule has 0 aliphatic rings. The quantitative estimate of drug-likeness (QED) is 0.371. The zero-order chi connectivity index (χ0) is 25.9. The van der Waals surface area contributed by atoms with Gasteiger partial charge in [0, 0.05) is 28.9 Å². The van der Waals surface area contributed by atoms with Gasteiger partial charge in [0.2, 0.25) is 5.91 Å². The van der Waals surface area contributed by atoms with Crippen molar-refractivity contribution in [1.82, 2.24) is 14.5 Å². The van der Waals surface area contributed by atoms with E-state index in [2.05, 4.69) is 20.0 Å². The van der Waals surface area contributed by atoms with Gasteiger partial charge in [-0.2, -0.15) is 13.2 Å². The second-order valence-electron chi connectivity index (χ2n) is 7.33. The Morgan fingerprint density at radius 2 is 1.72 bits per heavy atom. The van der Waals surface area contributed by atoms with E-state index in [4.69, 9.17) is 0 Å². The third kappa shape index (κ3) is 5.95. The molecule has 4 aromatic rings. The number of halogens is 3. The van der Waals surface area contributed by atoms with Crippen LogP contribution >= 0.6 is 11.3 Å². The van der Waals surface area contributed by atoms with Crippen LogP contribution in [0.3, 0.4) is 0 Å². The topological polar surface area (TPSA) is 123 Å². The highest BCUT2D eigenvalue weighted by atomic mass is 32.2. The number of sulfonamides is 1. The summed E-state index contributed by atoms with van der Waals surface area (Å²) in [4.78, 5) is 32.7. The number of alkyl halides is 3. The Kier molecular flexibility index (Phi) is 6.90. The number of hydrogen-bond acceptors (Lipinski definition) is 7. The summed E-state index contributed by atoms with van der Waals surface area (Å²) < 4.78 is 66.3. The van der Waals surface area contributed by atoms with Crippen molar-refractivity contribution in [2.45, 2.75) is 17.6 Å². The SMILES string of the molecule is O=C(Cn1cnc(-c2ccc(C(F)(F)F)cc2)cc1=O)Nc1ccc(S(=O)(=O)Nc2nccs2)cc1. The van der Waals surface area contributed by atoms with Gasteiger partial charge < -0.3 is 5.32 Å². The van der Waals surface area contributed by atoms with E-state index in [0.29, 0.717) is 11.3 Å². The lowest BCUT2D eigenvalue weighted by Crippen LogP contribution is -2.27. The summed E-state index contributed by atoms with van der Waals surface area (Å²) in [5.41, 5.74) is -0.623. The van der Waals surface area contributed by atoms with Gasteiger partial charge in [-0.15, -0.1) is 11.3 Å². The highest BCUT2D eigenvalue weighted by molar-refractivity contribution is 7.93. The number of thiazole rings is 1. The van der Waals surface area contributed by atoms with Gasteiger partial charge in [0.1, 0.15) is 6.54 Å². The van der Waals surface area contributed by atoms with Crippen molar-refractivity contribution in [3.05, 3.63) is 88.4 Å². The van der Waals surface area contributed by atoms with Crippen molar-refractivity contribution in [3.63, 3.8) is 0 Å². The Morgan fingerprint density at radius 3 is 2.31 bits per heavy atom. The average Bonchev–Trinajstić information content (AvgIpc) is 3.32. The summed E-state index contributed by atoms with van der Waals surface area (Å²) in [5.74, 6) is -0.572. The molecule has 2 aromatic carbocycles. The largest absolute Gasteiger partial charge is 0.416 e. The van der Waals surface area contributed by atoms with Gasteiger partial charge in [-0.25, -0.2) is 18.4 Å². The number of anilines is 2. The van der Waals surface area contributed by atoms with Crippen molar-refractivity contribution in [1.29, 1.82) is 0 Å². The standard InChI is InChI=1S/C22H16F3N5O4S2/c23-22(24,25)15-3-1-14(2-4-15)18-11-20(32)30(13-27-18)12-19(31)28-16-5-7-17(8-6-16)36(33,34)29-21-26-9-10-35-21/h1-11,13H,12H2,(H,26,29)(H,28,31). The fraction of sp³-hybridized carbons (Fsp3) is 0.0909. The van der Waals surface area contributed by atoms with Crippen LogP contribution in [0.5, 0.6) is 0 Å². The number of nitrogens with one attached hydrogen (secondary N) is 2. The minimum atomic E-state index is -4.48. The van der Waals surface area contributed by atoms with Gasteiger partial charge in [-0.3, -0.25) is 18.9 Å². The van der Waals surface area contributed by atoms with Gasteiger partial charge in [0.05, 0.1) is 22.5 Å². The Labute approximate surface area is 206 Å². The number of hydrogen-bond donors (Lipinski definition) is 2. The Balaban J connectivity index is 1.40.